The molecule has 0 amide bonds. The molecule has 1 aliphatic rings. The van der Waals surface area contributed by atoms with Crippen LogP contribution in [-0.4, -0.2) is 50.3 Å². The molecule has 0 radical (unpaired) electrons. The van der Waals surface area contributed by atoms with Crippen molar-refractivity contribution in [3.05, 3.63) is 0 Å². The lowest BCUT2D eigenvalue weighted by Gasteiger charge is -2.15. The molecule has 1 fully saturated rings. The van der Waals surface area contributed by atoms with Crippen LogP contribution in [0.5, 0.6) is 0 Å². The summed E-state index contributed by atoms with van der Waals surface area (Å²) in [5.41, 5.74) is 0. The summed E-state index contributed by atoms with van der Waals surface area (Å²) in [5, 5.41) is 0. The highest BCUT2D eigenvalue weighted by Crippen LogP contribution is 2.20. The summed E-state index contributed by atoms with van der Waals surface area (Å²) in [6.45, 7) is 8.47. The molecule has 1 saturated heterocycles. The lowest BCUT2D eigenvalue weighted by molar-refractivity contribution is -0.148. The van der Waals surface area contributed by atoms with Crippen molar-refractivity contribution >= 4 is 5.97 Å². The minimum absolute atomic E-state index is 0.0834. The highest BCUT2D eigenvalue weighted by molar-refractivity contribution is 5.70. The summed E-state index contributed by atoms with van der Waals surface area (Å²) in [6, 6.07) is 0. The molecule has 1 heterocycles. The minimum Gasteiger partial charge on any atom is -0.464 e. The van der Waals surface area contributed by atoms with Crippen molar-refractivity contribution in [3.8, 4) is 0 Å². The molecule has 4 heteroatoms. The predicted molar refractivity (Wildman–Crippen MR) is 66.9 cm³/mol. The average Bonchev–Trinajstić information content (AvgIpc) is 2.73. The number of esters is 1. The molecule has 0 aliphatic carbocycles. The zero-order valence-corrected chi connectivity index (χ0v) is 11.1. The fraction of sp³-hybridized carbons (Fsp3) is 0.923. The van der Waals surface area contributed by atoms with E-state index in [2.05, 4.69) is 11.8 Å². The Hall–Kier alpha value is -0.610. The van der Waals surface area contributed by atoms with Crippen LogP contribution in [0.1, 0.15) is 33.1 Å². The Bertz CT molecular complexity index is 221. The quantitative estimate of drug-likeness (QED) is 0.480. The first-order valence-electron chi connectivity index (χ1n) is 6.72. The number of rotatable bonds is 8. The normalized spacial score (nSPS) is 20.7. The lowest BCUT2D eigenvalue weighted by Crippen LogP contribution is -2.26. The predicted octanol–water partition coefficient (Wildman–Crippen LogP) is 1.69. The molecule has 0 aromatic rings. The van der Waals surface area contributed by atoms with E-state index in [0.29, 0.717) is 13.2 Å². The van der Waals surface area contributed by atoms with E-state index in [1.807, 2.05) is 0 Å². The molecule has 17 heavy (non-hydrogen) atoms. The van der Waals surface area contributed by atoms with E-state index < -0.39 is 0 Å². The molecule has 0 spiro atoms. The number of hydrogen-bond donors (Lipinski definition) is 0. The van der Waals surface area contributed by atoms with Crippen LogP contribution in [0.15, 0.2) is 0 Å². The molecular formula is C13H25NO3. The van der Waals surface area contributed by atoms with Gasteiger partial charge in [-0.2, -0.15) is 0 Å². The molecule has 0 N–H and O–H groups in total. The zero-order valence-electron chi connectivity index (χ0n) is 11.1. The maximum Gasteiger partial charge on any atom is 0.332 e. The standard InChI is InChI=1S/C13H25NO3/c1-3-5-12-6-7-14(10-12)8-9-16-11-13(15)17-4-2/h12H,3-11H2,1-2H3. The van der Waals surface area contributed by atoms with E-state index in [1.54, 1.807) is 6.92 Å². The smallest absolute Gasteiger partial charge is 0.332 e. The Morgan fingerprint density at radius 3 is 2.94 bits per heavy atom. The van der Waals surface area contributed by atoms with E-state index in [4.69, 9.17) is 9.47 Å². The van der Waals surface area contributed by atoms with Gasteiger partial charge in [-0.3, -0.25) is 0 Å². The first kappa shape index (κ1) is 14.5. The van der Waals surface area contributed by atoms with Crippen molar-refractivity contribution in [2.45, 2.75) is 33.1 Å². The second kappa shape index (κ2) is 8.48. The van der Waals surface area contributed by atoms with E-state index in [1.165, 1.54) is 32.4 Å². The van der Waals surface area contributed by atoms with E-state index in [0.717, 1.165) is 12.5 Å². The zero-order chi connectivity index (χ0) is 12.5. The Balaban J connectivity index is 1.98. The van der Waals surface area contributed by atoms with E-state index in [-0.39, 0.29) is 12.6 Å². The van der Waals surface area contributed by atoms with Crippen molar-refractivity contribution in [2.75, 3.05) is 39.5 Å². The molecule has 0 bridgehead atoms. The van der Waals surface area contributed by atoms with Crippen molar-refractivity contribution in [3.63, 3.8) is 0 Å². The van der Waals surface area contributed by atoms with Crippen LogP contribution in [0, 0.1) is 5.92 Å². The van der Waals surface area contributed by atoms with Gasteiger partial charge in [-0.1, -0.05) is 13.3 Å². The van der Waals surface area contributed by atoms with Crippen LogP contribution in [0.2, 0.25) is 0 Å². The topological polar surface area (TPSA) is 38.8 Å². The van der Waals surface area contributed by atoms with Crippen LogP contribution in [0.25, 0.3) is 0 Å². The lowest BCUT2D eigenvalue weighted by atomic mass is 10.0. The largest absolute Gasteiger partial charge is 0.464 e. The summed E-state index contributed by atoms with van der Waals surface area (Å²) >= 11 is 0. The number of likely N-dealkylation sites (tertiary alicyclic amines) is 1. The highest BCUT2D eigenvalue weighted by atomic mass is 16.6. The number of carbonyl (C=O) groups is 1. The molecule has 1 aliphatic heterocycles. The van der Waals surface area contributed by atoms with Gasteiger partial charge in [0.1, 0.15) is 6.61 Å². The summed E-state index contributed by atoms with van der Waals surface area (Å²) in [5.74, 6) is 0.600. The average molecular weight is 243 g/mol. The number of nitrogens with zero attached hydrogens (tertiary/aromatic N) is 1. The van der Waals surface area contributed by atoms with Gasteiger partial charge in [0.15, 0.2) is 0 Å². The van der Waals surface area contributed by atoms with Gasteiger partial charge in [0.05, 0.1) is 13.2 Å². The van der Waals surface area contributed by atoms with Crippen molar-refractivity contribution in [1.29, 1.82) is 0 Å². The number of carbonyl (C=O) groups excluding carboxylic acids is 1. The third-order valence-corrected chi connectivity index (χ3v) is 3.14. The Labute approximate surface area is 104 Å². The van der Waals surface area contributed by atoms with Gasteiger partial charge < -0.3 is 14.4 Å². The maximum absolute atomic E-state index is 11.0. The molecule has 0 saturated carbocycles. The van der Waals surface area contributed by atoms with Crippen LogP contribution in [0.4, 0.5) is 0 Å². The Morgan fingerprint density at radius 1 is 1.41 bits per heavy atom. The van der Waals surface area contributed by atoms with Crippen LogP contribution in [-0.2, 0) is 14.3 Å². The van der Waals surface area contributed by atoms with E-state index in [9.17, 15) is 4.79 Å². The third-order valence-electron chi connectivity index (χ3n) is 3.14. The van der Waals surface area contributed by atoms with Gasteiger partial charge in [0, 0.05) is 13.1 Å². The first-order chi connectivity index (χ1) is 8.26. The van der Waals surface area contributed by atoms with Crippen LogP contribution < -0.4 is 0 Å². The summed E-state index contributed by atoms with van der Waals surface area (Å²) in [6.07, 6.45) is 3.92. The van der Waals surface area contributed by atoms with Crippen LogP contribution >= 0.6 is 0 Å². The van der Waals surface area contributed by atoms with E-state index >= 15 is 0 Å². The maximum atomic E-state index is 11.0. The first-order valence-corrected chi connectivity index (χ1v) is 6.72. The molecule has 0 aromatic carbocycles. The monoisotopic (exact) mass is 243 g/mol. The molecular weight excluding hydrogens is 218 g/mol. The van der Waals surface area contributed by atoms with Gasteiger partial charge in [-0.05, 0) is 32.2 Å². The highest BCUT2D eigenvalue weighted by Gasteiger charge is 2.20. The Kier molecular flexibility index (Phi) is 7.21. The van der Waals surface area contributed by atoms with Gasteiger partial charge in [-0.25, -0.2) is 4.79 Å². The Morgan fingerprint density at radius 2 is 2.24 bits per heavy atom. The van der Waals surface area contributed by atoms with Gasteiger partial charge in [-0.15, -0.1) is 0 Å². The molecule has 1 unspecified atom stereocenters. The molecule has 0 aromatic heterocycles. The molecule has 1 rings (SSSR count). The summed E-state index contributed by atoms with van der Waals surface area (Å²) in [7, 11) is 0. The second-order valence-electron chi connectivity index (χ2n) is 4.60. The molecule has 100 valence electrons. The number of ether oxygens (including phenoxy) is 2. The van der Waals surface area contributed by atoms with Gasteiger partial charge in [0.2, 0.25) is 0 Å². The fourth-order valence-electron chi connectivity index (χ4n) is 2.31. The minimum atomic E-state index is -0.266. The van der Waals surface area contributed by atoms with Crippen molar-refractivity contribution in [1.82, 2.24) is 4.90 Å². The number of hydrogen-bond acceptors (Lipinski definition) is 4. The van der Waals surface area contributed by atoms with Crippen LogP contribution in [0.3, 0.4) is 0 Å². The SMILES string of the molecule is CCCC1CCN(CCOCC(=O)OCC)C1. The van der Waals surface area contributed by atoms with Gasteiger partial charge in [0.25, 0.3) is 0 Å². The second-order valence-corrected chi connectivity index (χ2v) is 4.60. The third kappa shape index (κ3) is 6.03. The summed E-state index contributed by atoms with van der Waals surface area (Å²) in [4.78, 5) is 13.4. The van der Waals surface area contributed by atoms with Gasteiger partial charge >= 0.3 is 5.97 Å². The summed E-state index contributed by atoms with van der Waals surface area (Å²) < 4.78 is 10.1. The van der Waals surface area contributed by atoms with Crippen molar-refractivity contribution < 1.29 is 14.3 Å². The molecule has 1 atom stereocenters. The molecule has 4 nitrogen and oxygen atoms in total. The van der Waals surface area contributed by atoms with Crippen molar-refractivity contribution in [2.24, 2.45) is 5.92 Å². The fourth-order valence-corrected chi connectivity index (χ4v) is 2.31.